The Labute approximate surface area is 125 Å². The molecule has 1 aromatic rings. The molecule has 1 aromatic carbocycles. The highest BCUT2D eigenvalue weighted by Gasteiger charge is 2.16. The molecule has 5 nitrogen and oxygen atoms in total. The fraction of sp³-hybridized carbons (Fsp3) is 0.375. The van der Waals surface area contributed by atoms with Gasteiger partial charge in [0.15, 0.2) is 0 Å². The molecule has 5 heteroatoms. The first-order valence-corrected chi connectivity index (χ1v) is 6.70. The Bertz CT molecular complexity index is 585. The van der Waals surface area contributed by atoms with Crippen molar-refractivity contribution in [2.75, 3.05) is 26.7 Å². The summed E-state index contributed by atoms with van der Waals surface area (Å²) in [6.07, 6.45) is 0. The Hall–Kier alpha value is -2.32. The first-order chi connectivity index (χ1) is 9.99. The summed E-state index contributed by atoms with van der Waals surface area (Å²) in [5.41, 5.74) is 7.57. The van der Waals surface area contributed by atoms with E-state index in [0.29, 0.717) is 12.2 Å². The fourth-order valence-corrected chi connectivity index (χ4v) is 1.73. The van der Waals surface area contributed by atoms with Gasteiger partial charge in [-0.15, -0.1) is 0 Å². The minimum atomic E-state index is -0.427. The molecule has 1 amide bonds. The summed E-state index contributed by atoms with van der Waals surface area (Å²) in [6, 6.07) is 5.25. The van der Waals surface area contributed by atoms with Crippen LogP contribution in [0.2, 0.25) is 0 Å². The number of likely N-dealkylation sites (N-methyl/N-ethyl adjacent to an activating group) is 1. The first-order valence-electron chi connectivity index (χ1n) is 6.70. The van der Waals surface area contributed by atoms with Crippen molar-refractivity contribution in [3.05, 3.63) is 34.9 Å². The molecular weight excluding hydrogens is 268 g/mol. The van der Waals surface area contributed by atoms with E-state index in [9.17, 15) is 9.59 Å². The Morgan fingerprint density at radius 3 is 2.71 bits per heavy atom. The first kappa shape index (κ1) is 16.7. The number of rotatable bonds is 4. The minimum absolute atomic E-state index is 0.0790. The van der Waals surface area contributed by atoms with Crippen molar-refractivity contribution in [3.8, 4) is 11.8 Å². The number of nitrogens with zero attached hydrogens (tertiary/aromatic N) is 1. The Morgan fingerprint density at radius 2 is 2.10 bits per heavy atom. The quantitative estimate of drug-likeness (QED) is 0.661. The second kappa shape index (κ2) is 8.08. The average Bonchev–Trinajstić information content (AvgIpc) is 2.45. The number of carbonyl (C=O) groups excluding carboxylic acids is 2. The lowest BCUT2D eigenvalue weighted by Gasteiger charge is -2.16. The van der Waals surface area contributed by atoms with Crippen molar-refractivity contribution >= 4 is 11.9 Å². The van der Waals surface area contributed by atoms with Crippen LogP contribution in [0.15, 0.2) is 18.2 Å². The molecular formula is C16H20N2O3. The molecule has 112 valence electrons. The smallest absolute Gasteiger partial charge is 0.325 e. The van der Waals surface area contributed by atoms with E-state index in [1.807, 2.05) is 13.0 Å². The van der Waals surface area contributed by atoms with Gasteiger partial charge >= 0.3 is 5.97 Å². The van der Waals surface area contributed by atoms with Crippen molar-refractivity contribution in [1.29, 1.82) is 0 Å². The third-order valence-corrected chi connectivity index (χ3v) is 2.83. The number of amides is 1. The second-order valence-corrected chi connectivity index (χ2v) is 4.50. The zero-order valence-corrected chi connectivity index (χ0v) is 12.6. The van der Waals surface area contributed by atoms with Gasteiger partial charge < -0.3 is 15.4 Å². The molecule has 0 saturated carbocycles. The van der Waals surface area contributed by atoms with Crippen LogP contribution < -0.4 is 5.73 Å². The molecule has 0 spiro atoms. The predicted octanol–water partition coefficient (Wildman–Crippen LogP) is 0.940. The molecule has 0 atom stereocenters. The van der Waals surface area contributed by atoms with E-state index in [2.05, 4.69) is 11.8 Å². The molecule has 0 aliphatic carbocycles. The van der Waals surface area contributed by atoms with Crippen LogP contribution >= 0.6 is 0 Å². The maximum Gasteiger partial charge on any atom is 0.325 e. The van der Waals surface area contributed by atoms with Crippen LogP contribution in [-0.2, 0) is 9.53 Å². The topological polar surface area (TPSA) is 72.6 Å². The van der Waals surface area contributed by atoms with E-state index in [-0.39, 0.29) is 19.0 Å². The van der Waals surface area contributed by atoms with Crippen molar-refractivity contribution in [1.82, 2.24) is 4.90 Å². The number of carbonyl (C=O) groups is 2. The molecule has 0 radical (unpaired) electrons. The van der Waals surface area contributed by atoms with Gasteiger partial charge in [0.05, 0.1) is 13.2 Å². The second-order valence-electron chi connectivity index (χ2n) is 4.50. The number of hydrogen-bond donors (Lipinski definition) is 1. The van der Waals surface area contributed by atoms with Crippen molar-refractivity contribution < 1.29 is 14.3 Å². The average molecular weight is 288 g/mol. The maximum atomic E-state index is 12.3. The number of nitrogens with two attached hydrogens (primary N) is 1. The van der Waals surface area contributed by atoms with Gasteiger partial charge in [0.1, 0.15) is 6.54 Å². The van der Waals surface area contributed by atoms with Crippen molar-refractivity contribution in [2.45, 2.75) is 13.8 Å². The summed E-state index contributed by atoms with van der Waals surface area (Å²) in [5, 5.41) is 0. The lowest BCUT2D eigenvalue weighted by atomic mass is 10.0. The van der Waals surface area contributed by atoms with E-state index >= 15 is 0 Å². The number of ether oxygens (including phenoxy) is 1. The van der Waals surface area contributed by atoms with Crippen molar-refractivity contribution in [2.24, 2.45) is 5.73 Å². The summed E-state index contributed by atoms with van der Waals surface area (Å²) >= 11 is 0. The van der Waals surface area contributed by atoms with E-state index in [1.165, 1.54) is 4.90 Å². The molecule has 0 unspecified atom stereocenters. The highest BCUT2D eigenvalue weighted by atomic mass is 16.5. The normalized spacial score (nSPS) is 9.52. The van der Waals surface area contributed by atoms with Gasteiger partial charge in [-0.3, -0.25) is 9.59 Å². The minimum Gasteiger partial charge on any atom is -0.465 e. The lowest BCUT2D eigenvalue weighted by molar-refractivity contribution is -0.143. The molecule has 0 heterocycles. The number of aryl methyl sites for hydroxylation is 1. The molecule has 0 aromatic heterocycles. The highest BCUT2D eigenvalue weighted by Crippen LogP contribution is 2.12. The monoisotopic (exact) mass is 288 g/mol. The summed E-state index contributed by atoms with van der Waals surface area (Å²) in [7, 11) is 1.56. The fourth-order valence-electron chi connectivity index (χ4n) is 1.73. The third kappa shape index (κ3) is 4.93. The Balaban J connectivity index is 2.89. The van der Waals surface area contributed by atoms with E-state index < -0.39 is 5.97 Å². The molecule has 0 bridgehead atoms. The van der Waals surface area contributed by atoms with Gasteiger partial charge in [0, 0.05) is 18.2 Å². The molecule has 1 rings (SSSR count). The number of benzene rings is 1. The van der Waals surface area contributed by atoms with E-state index in [0.717, 1.165) is 11.1 Å². The lowest BCUT2D eigenvalue weighted by Crippen LogP contribution is -2.33. The standard InChI is InChI=1S/C16H20N2O3/c1-4-21-15(19)11-18(3)16(20)14-8-7-12(2)13(10-14)6-5-9-17/h7-8,10H,4,9,11,17H2,1-3H3. The van der Waals surface area contributed by atoms with Gasteiger partial charge in [-0.1, -0.05) is 17.9 Å². The largest absolute Gasteiger partial charge is 0.465 e. The van der Waals surface area contributed by atoms with Crippen molar-refractivity contribution in [3.63, 3.8) is 0 Å². The van der Waals surface area contributed by atoms with Gasteiger partial charge in [-0.25, -0.2) is 0 Å². The predicted molar refractivity (Wildman–Crippen MR) is 80.7 cm³/mol. The van der Waals surface area contributed by atoms with Crippen LogP contribution in [0.1, 0.15) is 28.4 Å². The van der Waals surface area contributed by atoms with Crippen LogP contribution in [0.25, 0.3) is 0 Å². The van der Waals surface area contributed by atoms with Crippen LogP contribution in [0.4, 0.5) is 0 Å². The summed E-state index contributed by atoms with van der Waals surface area (Å²) in [4.78, 5) is 25.0. The molecule has 0 aliphatic rings. The van der Waals surface area contributed by atoms with Crippen LogP contribution in [0.5, 0.6) is 0 Å². The van der Waals surface area contributed by atoms with Crippen LogP contribution in [0, 0.1) is 18.8 Å². The summed E-state index contributed by atoms with van der Waals surface area (Å²) < 4.78 is 4.83. The SMILES string of the molecule is CCOC(=O)CN(C)C(=O)c1ccc(C)c(C#CCN)c1. The summed E-state index contributed by atoms with van der Waals surface area (Å²) in [5.74, 6) is 5.02. The van der Waals surface area contributed by atoms with E-state index in [4.69, 9.17) is 10.5 Å². The molecule has 0 saturated heterocycles. The Kier molecular flexibility index (Phi) is 6.44. The molecule has 2 N–H and O–H groups in total. The number of hydrogen-bond acceptors (Lipinski definition) is 4. The molecule has 21 heavy (non-hydrogen) atoms. The van der Waals surface area contributed by atoms with E-state index in [1.54, 1.807) is 26.1 Å². The van der Waals surface area contributed by atoms with Gasteiger partial charge in [-0.2, -0.15) is 0 Å². The van der Waals surface area contributed by atoms with Crippen LogP contribution in [0.3, 0.4) is 0 Å². The van der Waals surface area contributed by atoms with Gasteiger partial charge in [0.25, 0.3) is 5.91 Å². The van der Waals surface area contributed by atoms with Gasteiger partial charge in [-0.05, 0) is 31.5 Å². The van der Waals surface area contributed by atoms with Gasteiger partial charge in [0.2, 0.25) is 0 Å². The highest BCUT2D eigenvalue weighted by molar-refractivity contribution is 5.96. The Morgan fingerprint density at radius 1 is 1.38 bits per heavy atom. The maximum absolute atomic E-state index is 12.3. The zero-order valence-electron chi connectivity index (χ0n) is 12.6. The zero-order chi connectivity index (χ0) is 15.8. The molecule has 0 aliphatic heterocycles. The number of esters is 1. The summed E-state index contributed by atoms with van der Waals surface area (Å²) in [6.45, 7) is 4.12. The van der Waals surface area contributed by atoms with Crippen LogP contribution in [-0.4, -0.2) is 43.5 Å². The third-order valence-electron chi connectivity index (χ3n) is 2.83. The molecule has 0 fully saturated rings.